The van der Waals surface area contributed by atoms with E-state index < -0.39 is 0 Å². The summed E-state index contributed by atoms with van der Waals surface area (Å²) in [6.07, 6.45) is 2.76. The fourth-order valence-electron chi connectivity index (χ4n) is 3.17. The Morgan fingerprint density at radius 3 is 2.64 bits per heavy atom. The number of morpholine rings is 1. The highest BCUT2D eigenvalue weighted by Gasteiger charge is 2.19. The molecule has 2 fully saturated rings. The molecule has 0 bridgehead atoms. The van der Waals surface area contributed by atoms with Crippen LogP contribution in [0.1, 0.15) is 19.8 Å². The summed E-state index contributed by atoms with van der Waals surface area (Å²) in [5.41, 5.74) is 2.12. The monoisotopic (exact) mass is 303 g/mol. The van der Waals surface area contributed by atoms with Crippen molar-refractivity contribution in [3.8, 4) is 0 Å². The van der Waals surface area contributed by atoms with Gasteiger partial charge in [-0.1, -0.05) is 0 Å². The van der Waals surface area contributed by atoms with Crippen LogP contribution in [0.15, 0.2) is 24.3 Å². The molecule has 2 saturated heterocycles. The average Bonchev–Trinajstić information content (AvgIpc) is 3.02. The van der Waals surface area contributed by atoms with Gasteiger partial charge in [-0.15, -0.1) is 0 Å². The Labute approximate surface area is 132 Å². The summed E-state index contributed by atoms with van der Waals surface area (Å²) < 4.78 is 5.49. The molecule has 22 heavy (non-hydrogen) atoms. The van der Waals surface area contributed by atoms with Crippen LogP contribution in [0.25, 0.3) is 0 Å². The predicted octanol–water partition coefficient (Wildman–Crippen LogP) is 1.95. The zero-order valence-corrected chi connectivity index (χ0v) is 13.3. The molecule has 0 radical (unpaired) electrons. The van der Waals surface area contributed by atoms with Crippen LogP contribution in [-0.2, 0) is 9.53 Å². The Morgan fingerprint density at radius 1 is 1.23 bits per heavy atom. The average molecular weight is 303 g/mol. The second-order valence-electron chi connectivity index (χ2n) is 6.21. The topological polar surface area (TPSA) is 44.8 Å². The number of carbonyl (C=O) groups excluding carboxylic acids is 1. The van der Waals surface area contributed by atoms with E-state index >= 15 is 0 Å². The standard InChI is InChI=1S/C17H25N3O2/c1-14-12-19(10-11-22-14)13-17(21)18-15-4-6-16(7-5-15)20-8-2-3-9-20/h4-7,14H,2-3,8-13H2,1H3,(H,18,21)/t14-/m1/s1. The quantitative estimate of drug-likeness (QED) is 0.923. The van der Waals surface area contributed by atoms with Crippen LogP contribution in [-0.4, -0.2) is 56.2 Å². The fourth-order valence-corrected chi connectivity index (χ4v) is 3.17. The lowest BCUT2D eigenvalue weighted by molar-refractivity contribution is -0.119. The molecule has 0 spiro atoms. The number of nitrogens with one attached hydrogen (secondary N) is 1. The smallest absolute Gasteiger partial charge is 0.238 e. The minimum Gasteiger partial charge on any atom is -0.376 e. The molecule has 1 aromatic carbocycles. The lowest BCUT2D eigenvalue weighted by Crippen LogP contribution is -2.44. The Balaban J connectivity index is 1.50. The van der Waals surface area contributed by atoms with Gasteiger partial charge in [-0.2, -0.15) is 0 Å². The van der Waals surface area contributed by atoms with Crippen molar-refractivity contribution < 1.29 is 9.53 Å². The van der Waals surface area contributed by atoms with Gasteiger partial charge in [-0.3, -0.25) is 9.69 Å². The lowest BCUT2D eigenvalue weighted by Gasteiger charge is -2.30. The lowest BCUT2D eigenvalue weighted by atomic mass is 10.2. The highest BCUT2D eigenvalue weighted by molar-refractivity contribution is 5.92. The first kappa shape index (κ1) is 15.3. The molecule has 1 N–H and O–H groups in total. The van der Waals surface area contributed by atoms with E-state index in [1.54, 1.807) is 0 Å². The number of hydrogen-bond donors (Lipinski definition) is 1. The van der Waals surface area contributed by atoms with Gasteiger partial charge in [0.15, 0.2) is 0 Å². The van der Waals surface area contributed by atoms with Crippen LogP contribution < -0.4 is 10.2 Å². The molecule has 1 amide bonds. The van der Waals surface area contributed by atoms with Crippen molar-refractivity contribution in [1.82, 2.24) is 4.90 Å². The number of carbonyl (C=O) groups is 1. The molecular weight excluding hydrogens is 278 g/mol. The summed E-state index contributed by atoms with van der Waals surface area (Å²) >= 11 is 0. The first-order valence-corrected chi connectivity index (χ1v) is 8.19. The van der Waals surface area contributed by atoms with Crippen molar-refractivity contribution in [3.63, 3.8) is 0 Å². The largest absolute Gasteiger partial charge is 0.376 e. The van der Waals surface area contributed by atoms with Crippen molar-refractivity contribution in [2.45, 2.75) is 25.9 Å². The summed E-state index contributed by atoms with van der Waals surface area (Å²) in [7, 11) is 0. The van der Waals surface area contributed by atoms with E-state index in [4.69, 9.17) is 4.74 Å². The molecule has 2 heterocycles. The number of rotatable bonds is 4. The zero-order valence-electron chi connectivity index (χ0n) is 13.3. The zero-order chi connectivity index (χ0) is 15.4. The minimum atomic E-state index is 0.0445. The van der Waals surface area contributed by atoms with Crippen molar-refractivity contribution in [2.75, 3.05) is 49.5 Å². The Bertz CT molecular complexity index is 497. The molecule has 0 unspecified atom stereocenters. The van der Waals surface area contributed by atoms with E-state index in [2.05, 4.69) is 27.2 Å². The number of hydrogen-bond acceptors (Lipinski definition) is 4. The van der Waals surface area contributed by atoms with Crippen LogP contribution >= 0.6 is 0 Å². The number of amides is 1. The van der Waals surface area contributed by atoms with Gasteiger partial charge in [-0.05, 0) is 44.0 Å². The van der Waals surface area contributed by atoms with E-state index in [0.29, 0.717) is 13.2 Å². The number of nitrogens with zero attached hydrogens (tertiary/aromatic N) is 2. The summed E-state index contributed by atoms with van der Waals surface area (Å²) in [6, 6.07) is 8.18. The summed E-state index contributed by atoms with van der Waals surface area (Å²) in [5.74, 6) is 0.0445. The van der Waals surface area contributed by atoms with E-state index in [9.17, 15) is 4.79 Å². The van der Waals surface area contributed by atoms with E-state index in [-0.39, 0.29) is 12.0 Å². The number of ether oxygens (including phenoxy) is 1. The Kier molecular flexibility index (Phi) is 4.95. The van der Waals surface area contributed by atoms with Crippen molar-refractivity contribution >= 4 is 17.3 Å². The molecule has 3 rings (SSSR count). The van der Waals surface area contributed by atoms with Gasteiger partial charge >= 0.3 is 0 Å². The summed E-state index contributed by atoms with van der Waals surface area (Å²) in [4.78, 5) is 16.7. The van der Waals surface area contributed by atoms with Crippen LogP contribution in [0, 0.1) is 0 Å². The predicted molar refractivity (Wildman–Crippen MR) is 88.4 cm³/mol. The summed E-state index contributed by atoms with van der Waals surface area (Å²) in [5, 5.41) is 2.98. The van der Waals surface area contributed by atoms with Crippen LogP contribution in [0.5, 0.6) is 0 Å². The van der Waals surface area contributed by atoms with Gasteiger partial charge in [0.1, 0.15) is 0 Å². The first-order valence-electron chi connectivity index (χ1n) is 8.19. The van der Waals surface area contributed by atoms with Gasteiger partial charge in [0.2, 0.25) is 5.91 Å². The van der Waals surface area contributed by atoms with Crippen LogP contribution in [0.2, 0.25) is 0 Å². The summed E-state index contributed by atoms with van der Waals surface area (Å²) in [6.45, 7) is 7.11. The van der Waals surface area contributed by atoms with Crippen molar-refractivity contribution in [1.29, 1.82) is 0 Å². The van der Waals surface area contributed by atoms with E-state index in [0.717, 1.165) is 31.9 Å². The number of benzene rings is 1. The minimum absolute atomic E-state index is 0.0445. The van der Waals surface area contributed by atoms with Gasteiger partial charge < -0.3 is 15.0 Å². The highest BCUT2D eigenvalue weighted by atomic mass is 16.5. The second kappa shape index (κ2) is 7.11. The maximum atomic E-state index is 12.1. The van der Waals surface area contributed by atoms with E-state index in [1.165, 1.54) is 18.5 Å². The Hall–Kier alpha value is -1.59. The normalized spacial score (nSPS) is 22.8. The van der Waals surface area contributed by atoms with Crippen LogP contribution in [0.3, 0.4) is 0 Å². The maximum Gasteiger partial charge on any atom is 0.238 e. The first-order chi connectivity index (χ1) is 10.7. The third-order valence-electron chi connectivity index (χ3n) is 4.31. The number of anilines is 2. The molecule has 5 heteroatoms. The third-order valence-corrected chi connectivity index (χ3v) is 4.31. The molecule has 2 aliphatic rings. The second-order valence-corrected chi connectivity index (χ2v) is 6.21. The van der Waals surface area contributed by atoms with Gasteiger partial charge in [0.25, 0.3) is 0 Å². The molecule has 5 nitrogen and oxygen atoms in total. The van der Waals surface area contributed by atoms with Gasteiger partial charge in [0.05, 0.1) is 19.3 Å². The molecule has 1 atom stereocenters. The molecular formula is C17H25N3O2. The van der Waals surface area contributed by atoms with E-state index in [1.807, 2.05) is 19.1 Å². The fraction of sp³-hybridized carbons (Fsp3) is 0.588. The molecule has 0 aromatic heterocycles. The third kappa shape index (κ3) is 3.99. The molecule has 0 saturated carbocycles. The van der Waals surface area contributed by atoms with Crippen LogP contribution in [0.4, 0.5) is 11.4 Å². The Morgan fingerprint density at radius 2 is 1.95 bits per heavy atom. The molecule has 1 aromatic rings. The maximum absolute atomic E-state index is 12.1. The highest BCUT2D eigenvalue weighted by Crippen LogP contribution is 2.22. The van der Waals surface area contributed by atoms with Gasteiger partial charge in [0, 0.05) is 37.6 Å². The molecule has 0 aliphatic carbocycles. The SMILES string of the molecule is C[C@@H]1CN(CC(=O)Nc2ccc(N3CCCC3)cc2)CCO1. The van der Waals surface area contributed by atoms with Crippen molar-refractivity contribution in [3.05, 3.63) is 24.3 Å². The van der Waals surface area contributed by atoms with Gasteiger partial charge in [-0.25, -0.2) is 0 Å². The molecule has 120 valence electrons. The molecule has 2 aliphatic heterocycles. The van der Waals surface area contributed by atoms with Crippen molar-refractivity contribution in [2.24, 2.45) is 0 Å².